The first-order chi connectivity index (χ1) is 7.43. The molecule has 4 N–H and O–H groups in total. The van der Waals surface area contributed by atoms with Gasteiger partial charge in [-0.3, -0.25) is 0 Å². The molecule has 0 saturated carbocycles. The first kappa shape index (κ1) is 12.3. The van der Waals surface area contributed by atoms with Gasteiger partial charge in [-0.15, -0.1) is 0 Å². The fourth-order valence-electron chi connectivity index (χ4n) is 1.09. The second-order valence-electron chi connectivity index (χ2n) is 4.17. The van der Waals surface area contributed by atoms with Crippen molar-refractivity contribution in [3.05, 3.63) is 24.3 Å². The minimum absolute atomic E-state index is 0.0826. The average molecular weight is 224 g/mol. The molecule has 0 aromatic heterocycles. The molecule has 88 valence electrons. The summed E-state index contributed by atoms with van der Waals surface area (Å²) in [6.45, 7) is 3.25. The molecule has 0 aliphatic carbocycles. The van der Waals surface area contributed by atoms with Gasteiger partial charge in [0, 0.05) is 11.8 Å². The Morgan fingerprint density at radius 2 is 2.12 bits per heavy atom. The molecular weight excluding hydrogens is 208 g/mol. The van der Waals surface area contributed by atoms with Gasteiger partial charge in [0.15, 0.2) is 0 Å². The zero-order chi connectivity index (χ0) is 12.2. The second kappa shape index (κ2) is 4.85. The summed E-state index contributed by atoms with van der Waals surface area (Å²) in [5, 5.41) is 23.3. The summed E-state index contributed by atoms with van der Waals surface area (Å²) < 4.78 is 0. The molecule has 1 aromatic carbocycles. The first-order valence-electron chi connectivity index (χ1n) is 4.92. The van der Waals surface area contributed by atoms with Crippen molar-refractivity contribution in [1.29, 1.82) is 0 Å². The summed E-state index contributed by atoms with van der Waals surface area (Å²) in [4.78, 5) is 11.5. The summed E-state index contributed by atoms with van der Waals surface area (Å²) in [5.74, 6) is 0.0826. The van der Waals surface area contributed by atoms with Crippen LogP contribution in [0.3, 0.4) is 0 Å². The number of phenolic OH excluding ortho intramolecular Hbond substituents is 1. The van der Waals surface area contributed by atoms with Crippen molar-refractivity contribution in [2.24, 2.45) is 0 Å². The van der Waals surface area contributed by atoms with E-state index in [1.165, 1.54) is 12.1 Å². The lowest BCUT2D eigenvalue weighted by Crippen LogP contribution is -2.48. The van der Waals surface area contributed by atoms with Crippen molar-refractivity contribution in [2.45, 2.75) is 19.4 Å². The maximum absolute atomic E-state index is 11.5. The van der Waals surface area contributed by atoms with Gasteiger partial charge in [-0.05, 0) is 26.0 Å². The molecule has 0 spiro atoms. The Labute approximate surface area is 94.1 Å². The van der Waals surface area contributed by atoms with Crippen LogP contribution in [0.4, 0.5) is 10.5 Å². The van der Waals surface area contributed by atoms with Gasteiger partial charge in [0.25, 0.3) is 0 Å². The number of carbonyl (C=O) groups excluding carboxylic acids is 1. The van der Waals surface area contributed by atoms with Crippen LogP contribution in [0, 0.1) is 0 Å². The Kier molecular flexibility index (Phi) is 3.73. The van der Waals surface area contributed by atoms with Crippen molar-refractivity contribution in [2.75, 3.05) is 11.9 Å². The Balaban J connectivity index is 2.59. The molecule has 0 heterocycles. The van der Waals surface area contributed by atoms with Crippen molar-refractivity contribution < 1.29 is 15.0 Å². The Bertz CT molecular complexity index is 377. The first-order valence-corrected chi connectivity index (χ1v) is 4.92. The van der Waals surface area contributed by atoms with Crippen LogP contribution >= 0.6 is 0 Å². The average Bonchev–Trinajstić information content (AvgIpc) is 2.16. The van der Waals surface area contributed by atoms with E-state index in [0.29, 0.717) is 5.69 Å². The van der Waals surface area contributed by atoms with E-state index >= 15 is 0 Å². The number of amides is 2. The monoisotopic (exact) mass is 224 g/mol. The molecule has 1 rings (SSSR count). The van der Waals surface area contributed by atoms with Crippen LogP contribution in [-0.4, -0.2) is 28.4 Å². The molecule has 0 fully saturated rings. The second-order valence-corrected chi connectivity index (χ2v) is 4.17. The number of aliphatic hydroxyl groups is 1. The molecule has 0 aliphatic heterocycles. The highest BCUT2D eigenvalue weighted by atomic mass is 16.3. The quantitative estimate of drug-likeness (QED) is 0.624. The number of urea groups is 1. The van der Waals surface area contributed by atoms with Crippen LogP contribution in [0.2, 0.25) is 0 Å². The van der Waals surface area contributed by atoms with Crippen molar-refractivity contribution in [1.82, 2.24) is 5.32 Å². The lowest BCUT2D eigenvalue weighted by atomic mass is 10.1. The molecule has 5 nitrogen and oxygen atoms in total. The lowest BCUT2D eigenvalue weighted by molar-refractivity contribution is 0.187. The third-order valence-electron chi connectivity index (χ3n) is 1.95. The van der Waals surface area contributed by atoms with Crippen molar-refractivity contribution >= 4 is 11.7 Å². The number of hydrogen-bond donors (Lipinski definition) is 4. The molecule has 0 radical (unpaired) electrons. The summed E-state index contributed by atoms with van der Waals surface area (Å²) in [5.41, 5.74) is -0.188. The number of anilines is 1. The van der Waals surface area contributed by atoms with Crippen molar-refractivity contribution in [3.63, 3.8) is 0 Å². The Morgan fingerprint density at radius 3 is 2.69 bits per heavy atom. The van der Waals surface area contributed by atoms with E-state index in [1.54, 1.807) is 26.0 Å². The number of aromatic hydroxyl groups is 1. The smallest absolute Gasteiger partial charge is 0.319 e. The fraction of sp³-hybridized carbons (Fsp3) is 0.364. The van der Waals surface area contributed by atoms with Crippen LogP contribution in [0.1, 0.15) is 13.8 Å². The van der Waals surface area contributed by atoms with Crippen LogP contribution in [0.25, 0.3) is 0 Å². The number of aliphatic hydroxyl groups excluding tert-OH is 1. The zero-order valence-electron chi connectivity index (χ0n) is 9.32. The topological polar surface area (TPSA) is 81.6 Å². The summed E-state index contributed by atoms with van der Waals surface area (Å²) in [7, 11) is 0. The summed E-state index contributed by atoms with van der Waals surface area (Å²) in [6.07, 6.45) is 0. The number of rotatable bonds is 3. The van der Waals surface area contributed by atoms with Crippen LogP contribution < -0.4 is 10.6 Å². The molecule has 1 aromatic rings. The largest absolute Gasteiger partial charge is 0.508 e. The van der Waals surface area contributed by atoms with E-state index in [9.17, 15) is 9.90 Å². The van der Waals surface area contributed by atoms with Crippen LogP contribution in [0.15, 0.2) is 24.3 Å². The molecule has 0 unspecified atom stereocenters. The molecule has 2 amide bonds. The van der Waals surface area contributed by atoms with E-state index in [1.807, 2.05) is 0 Å². The highest BCUT2D eigenvalue weighted by Gasteiger charge is 2.18. The maximum Gasteiger partial charge on any atom is 0.319 e. The van der Waals surface area contributed by atoms with Gasteiger partial charge in [0.1, 0.15) is 5.75 Å². The minimum atomic E-state index is -0.680. The molecule has 0 aliphatic rings. The highest BCUT2D eigenvalue weighted by Crippen LogP contribution is 2.15. The van der Waals surface area contributed by atoms with Gasteiger partial charge in [0.2, 0.25) is 0 Å². The predicted octanol–water partition coefficient (Wildman–Crippen LogP) is 1.28. The van der Waals surface area contributed by atoms with Crippen LogP contribution in [-0.2, 0) is 0 Å². The van der Waals surface area contributed by atoms with Gasteiger partial charge >= 0.3 is 6.03 Å². The lowest BCUT2D eigenvalue weighted by Gasteiger charge is -2.23. The third-order valence-corrected chi connectivity index (χ3v) is 1.95. The fourth-order valence-corrected chi connectivity index (χ4v) is 1.09. The Morgan fingerprint density at radius 1 is 1.44 bits per heavy atom. The minimum Gasteiger partial charge on any atom is -0.508 e. The molecular formula is C11H16N2O3. The molecule has 0 bridgehead atoms. The van der Waals surface area contributed by atoms with E-state index in [4.69, 9.17) is 5.11 Å². The zero-order valence-corrected chi connectivity index (χ0v) is 9.32. The number of carbonyl (C=O) groups is 1. The highest BCUT2D eigenvalue weighted by molar-refractivity contribution is 5.89. The molecule has 0 atom stereocenters. The van der Waals surface area contributed by atoms with Gasteiger partial charge < -0.3 is 20.8 Å². The standard InChI is InChI=1S/C11H16N2O3/c1-11(2,7-14)13-10(16)12-8-4-3-5-9(15)6-8/h3-6,14-15H,7H2,1-2H3,(H2,12,13,16). The van der Waals surface area contributed by atoms with Gasteiger partial charge in [0.05, 0.1) is 12.1 Å². The maximum atomic E-state index is 11.5. The van der Waals surface area contributed by atoms with E-state index in [0.717, 1.165) is 0 Å². The van der Waals surface area contributed by atoms with E-state index in [-0.39, 0.29) is 12.4 Å². The molecule has 0 saturated heterocycles. The Hall–Kier alpha value is -1.75. The van der Waals surface area contributed by atoms with Crippen LogP contribution in [0.5, 0.6) is 5.75 Å². The normalized spacial score (nSPS) is 10.9. The van der Waals surface area contributed by atoms with E-state index in [2.05, 4.69) is 10.6 Å². The predicted molar refractivity (Wildman–Crippen MR) is 61.4 cm³/mol. The van der Waals surface area contributed by atoms with E-state index < -0.39 is 11.6 Å². The summed E-state index contributed by atoms with van der Waals surface area (Å²) >= 11 is 0. The SMILES string of the molecule is CC(C)(CO)NC(=O)Nc1cccc(O)c1. The summed E-state index contributed by atoms with van der Waals surface area (Å²) in [6, 6.07) is 5.81. The van der Waals surface area contributed by atoms with Crippen molar-refractivity contribution in [3.8, 4) is 5.75 Å². The molecule has 5 heteroatoms. The molecule has 16 heavy (non-hydrogen) atoms. The number of nitrogens with one attached hydrogen (secondary N) is 2. The number of hydrogen-bond acceptors (Lipinski definition) is 3. The number of phenols is 1. The van der Waals surface area contributed by atoms with Gasteiger partial charge in [-0.25, -0.2) is 4.79 Å². The van der Waals surface area contributed by atoms with Gasteiger partial charge in [-0.2, -0.15) is 0 Å². The number of benzene rings is 1. The third kappa shape index (κ3) is 3.78. The van der Waals surface area contributed by atoms with Gasteiger partial charge in [-0.1, -0.05) is 6.07 Å².